The summed E-state index contributed by atoms with van der Waals surface area (Å²) in [6.45, 7) is 0. The molecule has 2 unspecified atom stereocenters. The number of hydrogen-bond donors (Lipinski definition) is 1. The van der Waals surface area contributed by atoms with E-state index in [0.29, 0.717) is 12.1 Å². The molecule has 2 aromatic rings. The molecule has 94 valence electrons. The van der Waals surface area contributed by atoms with Crippen LogP contribution in [-0.2, 0) is 0 Å². The number of nitrogens with one attached hydrogen (secondary N) is 1. The molecule has 0 radical (unpaired) electrons. The smallest absolute Gasteiger partial charge is 0.120 e. The second-order valence-electron chi connectivity index (χ2n) is 4.84. The number of rotatable bonds is 3. The first kappa shape index (κ1) is 11.5. The van der Waals surface area contributed by atoms with Crippen LogP contribution in [0.5, 0.6) is 5.75 Å². The molecule has 1 N–H and O–H groups in total. The minimum Gasteiger partial charge on any atom is -0.489 e. The van der Waals surface area contributed by atoms with Crippen LogP contribution in [0.2, 0.25) is 0 Å². The fourth-order valence-corrected chi connectivity index (χ4v) is 2.70. The van der Waals surface area contributed by atoms with E-state index >= 15 is 0 Å². The highest BCUT2D eigenvalue weighted by atomic mass is 16.5. The first-order valence-electron chi connectivity index (χ1n) is 6.55. The number of hydrogen-bond acceptors (Lipinski definition) is 3. The minimum absolute atomic E-state index is 0.295. The summed E-state index contributed by atoms with van der Waals surface area (Å²) in [4.78, 5) is 4.32. The van der Waals surface area contributed by atoms with Crippen molar-refractivity contribution in [1.82, 2.24) is 10.3 Å². The van der Waals surface area contributed by atoms with Gasteiger partial charge in [-0.3, -0.25) is 4.98 Å². The maximum Gasteiger partial charge on any atom is 0.120 e. The van der Waals surface area contributed by atoms with Gasteiger partial charge in [0.2, 0.25) is 0 Å². The van der Waals surface area contributed by atoms with Crippen LogP contribution in [0, 0.1) is 0 Å². The summed E-state index contributed by atoms with van der Waals surface area (Å²) in [6, 6.07) is 10.6. The first-order chi connectivity index (χ1) is 8.86. The lowest BCUT2D eigenvalue weighted by molar-refractivity contribution is 0.179. The van der Waals surface area contributed by atoms with Crippen LogP contribution in [0.15, 0.2) is 36.5 Å². The molecule has 0 bridgehead atoms. The molecule has 1 heterocycles. The standard InChI is InChI=1S/C15H18N2O/c1-16-14-5-2-6-15(14)18-12-7-8-13-11(10-12)4-3-9-17-13/h3-4,7-10,14-16H,2,5-6H2,1H3. The van der Waals surface area contributed by atoms with Gasteiger partial charge in [0, 0.05) is 17.6 Å². The molecule has 2 atom stereocenters. The van der Waals surface area contributed by atoms with Crippen LogP contribution < -0.4 is 10.1 Å². The van der Waals surface area contributed by atoms with Crippen molar-refractivity contribution in [2.45, 2.75) is 31.4 Å². The Kier molecular flexibility index (Phi) is 3.15. The van der Waals surface area contributed by atoms with Crippen LogP contribution in [0.25, 0.3) is 10.9 Å². The van der Waals surface area contributed by atoms with Crippen molar-refractivity contribution in [2.75, 3.05) is 7.05 Å². The molecule has 1 aliphatic rings. The summed E-state index contributed by atoms with van der Waals surface area (Å²) in [7, 11) is 2.01. The molecule has 18 heavy (non-hydrogen) atoms. The quantitative estimate of drug-likeness (QED) is 0.898. The highest BCUT2D eigenvalue weighted by molar-refractivity contribution is 5.79. The Morgan fingerprint density at radius 1 is 1.28 bits per heavy atom. The van der Waals surface area contributed by atoms with Crippen LogP contribution in [0.3, 0.4) is 0 Å². The molecule has 1 aromatic carbocycles. The summed E-state index contributed by atoms with van der Waals surface area (Å²) < 4.78 is 6.10. The lowest BCUT2D eigenvalue weighted by Gasteiger charge is -2.20. The Balaban J connectivity index is 1.82. The number of ether oxygens (including phenoxy) is 1. The normalized spacial score (nSPS) is 23.4. The first-order valence-corrected chi connectivity index (χ1v) is 6.55. The van der Waals surface area contributed by atoms with Gasteiger partial charge in [-0.2, -0.15) is 0 Å². The van der Waals surface area contributed by atoms with E-state index in [4.69, 9.17) is 4.74 Å². The third-order valence-corrected chi connectivity index (χ3v) is 3.69. The largest absolute Gasteiger partial charge is 0.489 e. The van der Waals surface area contributed by atoms with E-state index in [-0.39, 0.29) is 0 Å². The van der Waals surface area contributed by atoms with Crippen molar-refractivity contribution < 1.29 is 4.74 Å². The molecular weight excluding hydrogens is 224 g/mol. The molecule has 3 heteroatoms. The third kappa shape index (κ3) is 2.18. The summed E-state index contributed by atoms with van der Waals surface area (Å²) in [5, 5.41) is 4.47. The third-order valence-electron chi connectivity index (χ3n) is 3.69. The van der Waals surface area contributed by atoms with E-state index < -0.39 is 0 Å². The molecule has 0 amide bonds. The van der Waals surface area contributed by atoms with Gasteiger partial charge in [0.15, 0.2) is 0 Å². The Morgan fingerprint density at radius 3 is 3.11 bits per heavy atom. The average molecular weight is 242 g/mol. The van der Waals surface area contributed by atoms with Gasteiger partial charge in [0.1, 0.15) is 11.9 Å². The molecule has 1 aliphatic carbocycles. The van der Waals surface area contributed by atoms with E-state index in [1.54, 1.807) is 0 Å². The Labute approximate surface area is 107 Å². The zero-order valence-corrected chi connectivity index (χ0v) is 10.6. The van der Waals surface area contributed by atoms with Gasteiger partial charge in [0.25, 0.3) is 0 Å². The summed E-state index contributed by atoms with van der Waals surface area (Å²) in [6.07, 6.45) is 5.69. The molecule has 0 spiro atoms. The zero-order valence-electron chi connectivity index (χ0n) is 10.6. The average Bonchev–Trinajstić information content (AvgIpc) is 2.86. The lowest BCUT2D eigenvalue weighted by atomic mass is 10.2. The molecule has 1 saturated carbocycles. The predicted octanol–water partition coefficient (Wildman–Crippen LogP) is 2.75. The van der Waals surface area contributed by atoms with Crippen molar-refractivity contribution in [1.29, 1.82) is 0 Å². The minimum atomic E-state index is 0.295. The predicted molar refractivity (Wildman–Crippen MR) is 72.9 cm³/mol. The number of pyridine rings is 1. The van der Waals surface area contributed by atoms with E-state index in [9.17, 15) is 0 Å². The molecule has 0 saturated heterocycles. The van der Waals surface area contributed by atoms with E-state index in [1.807, 2.05) is 31.4 Å². The molecule has 3 nitrogen and oxygen atoms in total. The van der Waals surface area contributed by atoms with E-state index in [2.05, 4.69) is 22.4 Å². The van der Waals surface area contributed by atoms with Gasteiger partial charge in [-0.25, -0.2) is 0 Å². The molecular formula is C15H18N2O. The molecule has 1 fully saturated rings. The topological polar surface area (TPSA) is 34.1 Å². The molecule has 0 aliphatic heterocycles. The maximum atomic E-state index is 6.10. The van der Waals surface area contributed by atoms with Gasteiger partial charge in [-0.1, -0.05) is 6.07 Å². The van der Waals surface area contributed by atoms with Crippen molar-refractivity contribution in [3.63, 3.8) is 0 Å². The molecule has 1 aromatic heterocycles. The highest BCUT2D eigenvalue weighted by Gasteiger charge is 2.27. The Hall–Kier alpha value is -1.61. The Morgan fingerprint density at radius 2 is 2.22 bits per heavy atom. The maximum absolute atomic E-state index is 6.10. The van der Waals surface area contributed by atoms with Crippen molar-refractivity contribution in [3.8, 4) is 5.75 Å². The number of benzene rings is 1. The number of fused-ring (bicyclic) bond motifs is 1. The van der Waals surface area contributed by atoms with Crippen molar-refractivity contribution in [3.05, 3.63) is 36.5 Å². The van der Waals surface area contributed by atoms with Gasteiger partial charge in [-0.05, 0) is 50.6 Å². The van der Waals surface area contributed by atoms with Crippen LogP contribution in [-0.4, -0.2) is 24.2 Å². The van der Waals surface area contributed by atoms with Crippen LogP contribution in [0.1, 0.15) is 19.3 Å². The van der Waals surface area contributed by atoms with Gasteiger partial charge < -0.3 is 10.1 Å². The van der Waals surface area contributed by atoms with Crippen molar-refractivity contribution in [2.24, 2.45) is 0 Å². The summed E-state index contributed by atoms with van der Waals surface area (Å²) in [5.74, 6) is 0.947. The fourth-order valence-electron chi connectivity index (χ4n) is 2.70. The van der Waals surface area contributed by atoms with E-state index in [0.717, 1.165) is 23.1 Å². The van der Waals surface area contributed by atoms with Gasteiger partial charge in [0.05, 0.1) is 5.52 Å². The number of likely N-dealkylation sites (N-methyl/N-ethyl adjacent to an activating group) is 1. The van der Waals surface area contributed by atoms with E-state index in [1.165, 1.54) is 12.8 Å². The molecule has 3 rings (SSSR count). The second-order valence-corrected chi connectivity index (χ2v) is 4.84. The fraction of sp³-hybridized carbons (Fsp3) is 0.400. The number of nitrogens with zero attached hydrogens (tertiary/aromatic N) is 1. The summed E-state index contributed by atoms with van der Waals surface area (Å²) >= 11 is 0. The Bertz CT molecular complexity index is 541. The number of aromatic nitrogens is 1. The SMILES string of the molecule is CNC1CCCC1Oc1ccc2ncccc2c1. The van der Waals surface area contributed by atoms with Crippen molar-refractivity contribution >= 4 is 10.9 Å². The van der Waals surface area contributed by atoms with Crippen LogP contribution in [0.4, 0.5) is 0 Å². The zero-order chi connectivity index (χ0) is 12.4. The highest BCUT2D eigenvalue weighted by Crippen LogP contribution is 2.26. The van der Waals surface area contributed by atoms with Gasteiger partial charge in [-0.15, -0.1) is 0 Å². The van der Waals surface area contributed by atoms with Crippen LogP contribution >= 0.6 is 0 Å². The van der Waals surface area contributed by atoms with Gasteiger partial charge >= 0.3 is 0 Å². The summed E-state index contributed by atoms with van der Waals surface area (Å²) in [5.41, 5.74) is 1.02. The second kappa shape index (κ2) is 4.94. The monoisotopic (exact) mass is 242 g/mol. The lowest BCUT2D eigenvalue weighted by Crippen LogP contribution is -2.36.